The number of rotatable bonds is 3. The molecule has 3 rings (SSSR count). The molecule has 19 heavy (non-hydrogen) atoms. The van der Waals surface area contributed by atoms with E-state index in [1.54, 1.807) is 0 Å². The van der Waals surface area contributed by atoms with Crippen LogP contribution in [0.25, 0.3) is 0 Å². The SMILES string of the molecule is CC(C)(N)CCc1cc2c3c(c1)CC(=O)N3CCC2. The van der Waals surface area contributed by atoms with E-state index in [0.717, 1.165) is 32.2 Å². The number of hydrogen-bond donors (Lipinski definition) is 1. The van der Waals surface area contributed by atoms with Crippen LogP contribution in [0, 0.1) is 0 Å². The van der Waals surface area contributed by atoms with E-state index in [4.69, 9.17) is 5.73 Å². The zero-order valence-corrected chi connectivity index (χ0v) is 11.8. The maximum atomic E-state index is 12.0. The van der Waals surface area contributed by atoms with Gasteiger partial charge in [-0.2, -0.15) is 0 Å². The summed E-state index contributed by atoms with van der Waals surface area (Å²) in [6, 6.07) is 4.50. The molecule has 0 fully saturated rings. The van der Waals surface area contributed by atoms with Gasteiger partial charge in [-0.25, -0.2) is 0 Å². The predicted molar refractivity (Wildman–Crippen MR) is 77.4 cm³/mol. The lowest BCUT2D eigenvalue weighted by molar-refractivity contribution is -0.117. The van der Waals surface area contributed by atoms with E-state index in [2.05, 4.69) is 26.0 Å². The van der Waals surface area contributed by atoms with Gasteiger partial charge in [-0.15, -0.1) is 0 Å². The highest BCUT2D eigenvalue weighted by molar-refractivity contribution is 6.02. The highest BCUT2D eigenvalue weighted by Gasteiger charge is 2.32. The Morgan fingerprint density at radius 2 is 2.05 bits per heavy atom. The van der Waals surface area contributed by atoms with E-state index in [9.17, 15) is 4.79 Å². The number of aryl methyl sites for hydroxylation is 2. The maximum absolute atomic E-state index is 12.0. The Morgan fingerprint density at radius 3 is 2.79 bits per heavy atom. The number of nitrogens with zero attached hydrogens (tertiary/aromatic N) is 1. The molecule has 3 nitrogen and oxygen atoms in total. The topological polar surface area (TPSA) is 46.3 Å². The average Bonchev–Trinajstić information content (AvgIpc) is 2.65. The summed E-state index contributed by atoms with van der Waals surface area (Å²) in [4.78, 5) is 14.0. The Labute approximate surface area is 114 Å². The van der Waals surface area contributed by atoms with Crippen molar-refractivity contribution in [3.05, 3.63) is 28.8 Å². The van der Waals surface area contributed by atoms with Gasteiger partial charge in [-0.3, -0.25) is 4.79 Å². The van der Waals surface area contributed by atoms with Crippen LogP contribution in [0.3, 0.4) is 0 Å². The third kappa shape index (κ3) is 2.39. The van der Waals surface area contributed by atoms with E-state index in [0.29, 0.717) is 6.42 Å². The van der Waals surface area contributed by atoms with Crippen molar-refractivity contribution in [2.45, 2.75) is 51.5 Å². The minimum Gasteiger partial charge on any atom is -0.326 e. The predicted octanol–water partition coefficient (Wildman–Crippen LogP) is 2.19. The molecule has 0 atom stereocenters. The number of carbonyl (C=O) groups excluding carboxylic acids is 1. The number of hydrogen-bond acceptors (Lipinski definition) is 2. The van der Waals surface area contributed by atoms with Crippen molar-refractivity contribution in [3.63, 3.8) is 0 Å². The summed E-state index contributed by atoms with van der Waals surface area (Å²) in [7, 11) is 0. The summed E-state index contributed by atoms with van der Waals surface area (Å²) in [5, 5.41) is 0. The quantitative estimate of drug-likeness (QED) is 0.903. The standard InChI is InChI=1S/C16H22N2O/c1-16(2,17)6-5-11-8-12-4-3-7-18-14(19)10-13(9-11)15(12)18/h8-9H,3-7,10,17H2,1-2H3. The van der Waals surface area contributed by atoms with E-state index >= 15 is 0 Å². The first-order chi connectivity index (χ1) is 8.94. The lowest BCUT2D eigenvalue weighted by Crippen LogP contribution is -2.32. The van der Waals surface area contributed by atoms with Crippen molar-refractivity contribution >= 4 is 11.6 Å². The zero-order valence-electron chi connectivity index (χ0n) is 11.8. The molecule has 0 spiro atoms. The Bertz CT molecular complexity index is 528. The second-order valence-electron chi connectivity index (χ2n) is 6.58. The van der Waals surface area contributed by atoms with Crippen molar-refractivity contribution in [2.75, 3.05) is 11.4 Å². The van der Waals surface area contributed by atoms with Crippen LogP contribution in [-0.4, -0.2) is 18.0 Å². The summed E-state index contributed by atoms with van der Waals surface area (Å²) in [5.74, 6) is 0.271. The highest BCUT2D eigenvalue weighted by atomic mass is 16.2. The maximum Gasteiger partial charge on any atom is 0.231 e. The molecule has 102 valence electrons. The molecule has 0 saturated heterocycles. The monoisotopic (exact) mass is 258 g/mol. The number of nitrogens with two attached hydrogens (primary N) is 1. The molecule has 1 amide bonds. The van der Waals surface area contributed by atoms with Crippen LogP contribution >= 0.6 is 0 Å². The molecule has 0 aromatic heterocycles. The van der Waals surface area contributed by atoms with E-state index in [1.807, 2.05) is 4.90 Å². The van der Waals surface area contributed by atoms with Crippen LogP contribution in [0.1, 0.15) is 43.4 Å². The summed E-state index contributed by atoms with van der Waals surface area (Å²) in [6.45, 7) is 5.03. The lowest BCUT2D eigenvalue weighted by Gasteiger charge is -2.26. The third-order valence-corrected chi connectivity index (χ3v) is 4.13. The molecule has 0 radical (unpaired) electrons. The summed E-state index contributed by atoms with van der Waals surface area (Å²) in [6.07, 6.45) is 4.75. The van der Waals surface area contributed by atoms with Gasteiger partial charge >= 0.3 is 0 Å². The second-order valence-corrected chi connectivity index (χ2v) is 6.58. The molecule has 2 N–H and O–H groups in total. The van der Waals surface area contributed by atoms with Crippen LogP contribution in [-0.2, 0) is 24.1 Å². The highest BCUT2D eigenvalue weighted by Crippen LogP contribution is 2.37. The molecule has 2 aliphatic rings. The zero-order chi connectivity index (χ0) is 13.6. The summed E-state index contributed by atoms with van der Waals surface area (Å²) < 4.78 is 0. The van der Waals surface area contributed by atoms with Gasteiger partial charge in [-0.05, 0) is 56.2 Å². The van der Waals surface area contributed by atoms with E-state index < -0.39 is 0 Å². The van der Waals surface area contributed by atoms with Crippen LogP contribution in [0.2, 0.25) is 0 Å². The molecular formula is C16H22N2O. The second kappa shape index (κ2) is 4.34. The van der Waals surface area contributed by atoms with Gasteiger partial charge in [0.1, 0.15) is 0 Å². The Morgan fingerprint density at radius 1 is 1.32 bits per heavy atom. The molecule has 0 bridgehead atoms. The van der Waals surface area contributed by atoms with Crippen molar-refractivity contribution in [2.24, 2.45) is 5.73 Å². The van der Waals surface area contributed by atoms with Gasteiger partial charge in [0, 0.05) is 12.1 Å². The minimum atomic E-state index is -0.127. The van der Waals surface area contributed by atoms with Crippen molar-refractivity contribution < 1.29 is 4.79 Å². The van der Waals surface area contributed by atoms with Crippen molar-refractivity contribution in [1.82, 2.24) is 0 Å². The molecule has 0 saturated carbocycles. The van der Waals surface area contributed by atoms with Gasteiger partial charge in [-0.1, -0.05) is 12.1 Å². The van der Waals surface area contributed by atoms with Crippen molar-refractivity contribution in [1.29, 1.82) is 0 Å². The van der Waals surface area contributed by atoms with Crippen LogP contribution < -0.4 is 10.6 Å². The van der Waals surface area contributed by atoms with Gasteiger partial charge in [0.15, 0.2) is 0 Å². The molecular weight excluding hydrogens is 236 g/mol. The molecule has 1 aromatic carbocycles. The fraction of sp³-hybridized carbons (Fsp3) is 0.562. The van der Waals surface area contributed by atoms with Gasteiger partial charge < -0.3 is 10.6 Å². The van der Waals surface area contributed by atoms with Gasteiger partial charge in [0.25, 0.3) is 0 Å². The average molecular weight is 258 g/mol. The number of anilines is 1. The molecule has 0 unspecified atom stereocenters. The molecule has 2 aliphatic heterocycles. The fourth-order valence-corrected chi connectivity index (χ4v) is 3.16. The molecule has 3 heteroatoms. The van der Waals surface area contributed by atoms with E-state index in [1.165, 1.54) is 22.4 Å². The van der Waals surface area contributed by atoms with Gasteiger partial charge in [0.2, 0.25) is 5.91 Å². The normalized spacial score (nSPS) is 17.8. The van der Waals surface area contributed by atoms with Crippen LogP contribution in [0.5, 0.6) is 0 Å². The molecule has 0 aliphatic carbocycles. The lowest BCUT2D eigenvalue weighted by atomic mass is 9.92. The Hall–Kier alpha value is -1.35. The fourth-order valence-electron chi connectivity index (χ4n) is 3.16. The van der Waals surface area contributed by atoms with Crippen LogP contribution in [0.4, 0.5) is 5.69 Å². The largest absolute Gasteiger partial charge is 0.326 e. The molecule has 1 aromatic rings. The Kier molecular flexibility index (Phi) is 2.90. The first-order valence-corrected chi connectivity index (χ1v) is 7.18. The third-order valence-electron chi connectivity index (χ3n) is 4.13. The first kappa shape index (κ1) is 12.7. The first-order valence-electron chi connectivity index (χ1n) is 7.18. The smallest absolute Gasteiger partial charge is 0.231 e. The number of amides is 1. The summed E-state index contributed by atoms with van der Waals surface area (Å²) in [5.41, 5.74) is 11.1. The number of carbonyl (C=O) groups is 1. The van der Waals surface area contributed by atoms with Crippen LogP contribution in [0.15, 0.2) is 12.1 Å². The van der Waals surface area contributed by atoms with Crippen molar-refractivity contribution in [3.8, 4) is 0 Å². The summed E-state index contributed by atoms with van der Waals surface area (Å²) >= 11 is 0. The molecule has 2 heterocycles. The number of benzene rings is 1. The van der Waals surface area contributed by atoms with E-state index in [-0.39, 0.29) is 11.4 Å². The van der Waals surface area contributed by atoms with Gasteiger partial charge in [0.05, 0.1) is 12.1 Å². The Balaban J connectivity index is 1.90. The minimum absolute atomic E-state index is 0.127.